The molecule has 4 aromatic rings. The van der Waals surface area contributed by atoms with Crippen molar-refractivity contribution in [2.24, 2.45) is 5.41 Å². The Morgan fingerprint density at radius 3 is 2.35 bits per heavy atom. The van der Waals surface area contributed by atoms with Crippen molar-refractivity contribution >= 4 is 0 Å². The average Bonchev–Trinajstić information content (AvgIpc) is 3.40. The molecule has 9 heteroatoms. The Balaban J connectivity index is 1.66. The van der Waals surface area contributed by atoms with Crippen LogP contribution in [0.15, 0.2) is 47.2 Å². The maximum atomic E-state index is 14.6. The molecule has 1 aromatic carbocycles. The molecular weight excluding hydrogens is 476 g/mol. The summed E-state index contributed by atoms with van der Waals surface area (Å²) in [5.41, 5.74) is 0.0222. The van der Waals surface area contributed by atoms with E-state index < -0.39 is 28.1 Å². The third-order valence-electron chi connectivity index (χ3n) is 7.91. The third kappa shape index (κ3) is 3.75. The van der Waals surface area contributed by atoms with E-state index in [0.29, 0.717) is 22.9 Å². The smallest absolute Gasteiger partial charge is 0.245 e. The van der Waals surface area contributed by atoms with E-state index in [1.54, 1.807) is 32.2 Å². The average molecular weight is 506 g/mol. The summed E-state index contributed by atoms with van der Waals surface area (Å²) >= 11 is 0. The van der Waals surface area contributed by atoms with Gasteiger partial charge in [-0.1, -0.05) is 26.8 Å². The number of aliphatic hydroxyl groups is 1. The number of halogens is 2. The standard InChI is InChI=1S/C28H29F2N5O2/c1-7-16-15-13-20(22-17(29)9-8-10-18(22)30)34-35-23(15)28(6,26(16,2)3)25-31-12-11-19(32-25)24-33-21(14-37-24)27(4,5)36/h8-14,16,36H,7H2,1-6H3. The lowest BCUT2D eigenvalue weighted by atomic mass is 9.63. The van der Waals surface area contributed by atoms with Crippen molar-refractivity contribution in [1.82, 2.24) is 25.1 Å². The fourth-order valence-corrected chi connectivity index (χ4v) is 5.48. The minimum Gasteiger partial charge on any atom is -0.443 e. The van der Waals surface area contributed by atoms with Gasteiger partial charge in [0.05, 0.1) is 22.4 Å². The molecule has 3 heterocycles. The van der Waals surface area contributed by atoms with Gasteiger partial charge in [0.2, 0.25) is 5.89 Å². The van der Waals surface area contributed by atoms with Crippen LogP contribution in [0.1, 0.15) is 76.7 Å². The fraction of sp³-hybridized carbons (Fsp3) is 0.393. The Labute approximate surface area is 214 Å². The zero-order chi connectivity index (χ0) is 26.8. The second kappa shape index (κ2) is 8.48. The predicted molar refractivity (Wildman–Crippen MR) is 133 cm³/mol. The van der Waals surface area contributed by atoms with Gasteiger partial charge in [-0.25, -0.2) is 23.7 Å². The second-order valence-corrected chi connectivity index (χ2v) is 10.8. The minimum absolute atomic E-state index is 0.00682. The molecule has 1 N–H and O–H groups in total. The highest BCUT2D eigenvalue weighted by Gasteiger charge is 2.58. The molecule has 0 spiro atoms. The molecule has 192 valence electrons. The second-order valence-electron chi connectivity index (χ2n) is 10.8. The molecule has 0 bridgehead atoms. The van der Waals surface area contributed by atoms with Crippen LogP contribution < -0.4 is 0 Å². The minimum atomic E-state index is -1.16. The van der Waals surface area contributed by atoms with Crippen molar-refractivity contribution in [3.05, 3.63) is 77.2 Å². The Kier molecular flexibility index (Phi) is 5.75. The molecule has 0 amide bonds. The predicted octanol–water partition coefficient (Wildman–Crippen LogP) is 5.93. The Hall–Kier alpha value is -3.59. The fourth-order valence-electron chi connectivity index (χ4n) is 5.48. The summed E-state index contributed by atoms with van der Waals surface area (Å²) in [5, 5.41) is 19.1. The third-order valence-corrected chi connectivity index (χ3v) is 7.91. The van der Waals surface area contributed by atoms with E-state index in [1.807, 2.05) is 6.92 Å². The van der Waals surface area contributed by atoms with Crippen LogP contribution in [-0.2, 0) is 11.0 Å². The van der Waals surface area contributed by atoms with Gasteiger partial charge in [-0.3, -0.25) is 0 Å². The molecule has 0 aliphatic heterocycles. The van der Waals surface area contributed by atoms with Crippen molar-refractivity contribution in [3.8, 4) is 22.8 Å². The molecule has 1 aliphatic rings. The van der Waals surface area contributed by atoms with Crippen LogP contribution in [0.2, 0.25) is 0 Å². The molecule has 0 saturated heterocycles. The molecule has 2 atom stereocenters. The number of nitrogens with zero attached hydrogens (tertiary/aromatic N) is 5. The normalized spacial score (nSPS) is 20.7. The van der Waals surface area contributed by atoms with E-state index in [9.17, 15) is 13.9 Å². The summed E-state index contributed by atoms with van der Waals surface area (Å²) in [4.78, 5) is 13.9. The maximum Gasteiger partial charge on any atom is 0.245 e. The lowest BCUT2D eigenvalue weighted by molar-refractivity contribution is 0.0738. The largest absolute Gasteiger partial charge is 0.443 e. The van der Waals surface area contributed by atoms with E-state index in [2.05, 4.69) is 40.9 Å². The quantitative estimate of drug-likeness (QED) is 0.359. The number of hydrogen-bond donors (Lipinski definition) is 1. The van der Waals surface area contributed by atoms with Gasteiger partial charge in [0, 0.05) is 6.20 Å². The molecule has 0 saturated carbocycles. The highest BCUT2D eigenvalue weighted by Crippen LogP contribution is 2.61. The number of hydrogen-bond acceptors (Lipinski definition) is 7. The van der Waals surface area contributed by atoms with Gasteiger partial charge in [0.25, 0.3) is 0 Å². The van der Waals surface area contributed by atoms with Gasteiger partial charge >= 0.3 is 0 Å². The lowest BCUT2D eigenvalue weighted by Gasteiger charge is -2.40. The molecule has 1 aliphatic carbocycles. The van der Waals surface area contributed by atoms with Crippen molar-refractivity contribution < 1.29 is 18.3 Å². The first-order chi connectivity index (χ1) is 17.4. The van der Waals surface area contributed by atoms with Crippen molar-refractivity contribution in [1.29, 1.82) is 0 Å². The first-order valence-electron chi connectivity index (χ1n) is 12.2. The number of fused-ring (bicyclic) bond motifs is 1. The lowest BCUT2D eigenvalue weighted by Crippen LogP contribution is -2.40. The van der Waals surface area contributed by atoms with Gasteiger partial charge < -0.3 is 9.52 Å². The van der Waals surface area contributed by atoms with Gasteiger partial charge in [-0.05, 0) is 68.4 Å². The van der Waals surface area contributed by atoms with Crippen LogP contribution in [0, 0.1) is 17.0 Å². The maximum absolute atomic E-state index is 14.6. The summed E-state index contributed by atoms with van der Waals surface area (Å²) in [5.74, 6) is -0.588. The molecule has 0 radical (unpaired) electrons. The number of rotatable bonds is 5. The van der Waals surface area contributed by atoms with Gasteiger partial charge in [-0.15, -0.1) is 5.10 Å². The zero-order valence-electron chi connectivity index (χ0n) is 21.7. The molecule has 0 fully saturated rings. The monoisotopic (exact) mass is 505 g/mol. The van der Waals surface area contributed by atoms with E-state index in [-0.39, 0.29) is 23.1 Å². The van der Waals surface area contributed by atoms with Crippen LogP contribution in [0.25, 0.3) is 22.8 Å². The first-order valence-corrected chi connectivity index (χ1v) is 12.2. The highest BCUT2D eigenvalue weighted by molar-refractivity contribution is 5.63. The Morgan fingerprint density at radius 1 is 1.03 bits per heavy atom. The Bertz CT molecular complexity index is 1470. The van der Waals surface area contributed by atoms with Crippen LogP contribution in [0.3, 0.4) is 0 Å². The topological polar surface area (TPSA) is 97.8 Å². The van der Waals surface area contributed by atoms with E-state index in [0.717, 1.165) is 12.0 Å². The van der Waals surface area contributed by atoms with Crippen LogP contribution in [0.5, 0.6) is 0 Å². The molecule has 5 rings (SSSR count). The zero-order valence-corrected chi connectivity index (χ0v) is 21.7. The highest BCUT2D eigenvalue weighted by atomic mass is 19.1. The Morgan fingerprint density at radius 2 is 1.73 bits per heavy atom. The number of aromatic nitrogens is 5. The summed E-state index contributed by atoms with van der Waals surface area (Å²) < 4.78 is 34.7. The number of oxazole rings is 1. The van der Waals surface area contributed by atoms with Crippen LogP contribution in [-0.4, -0.2) is 30.3 Å². The first kappa shape index (κ1) is 25.1. The van der Waals surface area contributed by atoms with Gasteiger partial charge in [0.15, 0.2) is 0 Å². The van der Waals surface area contributed by atoms with Crippen molar-refractivity contribution in [3.63, 3.8) is 0 Å². The van der Waals surface area contributed by atoms with Crippen molar-refractivity contribution in [2.75, 3.05) is 0 Å². The SMILES string of the molecule is CCC1c2cc(-c3c(F)cccc3F)nnc2C(C)(c2nccc(-c3nc(C(C)(C)O)co3)n2)C1(C)C. The molecule has 37 heavy (non-hydrogen) atoms. The summed E-state index contributed by atoms with van der Waals surface area (Å²) in [7, 11) is 0. The summed E-state index contributed by atoms with van der Waals surface area (Å²) in [6.45, 7) is 11.6. The summed E-state index contributed by atoms with van der Waals surface area (Å²) in [6, 6.07) is 7.20. The molecular formula is C28H29F2N5O2. The van der Waals surface area contributed by atoms with Crippen LogP contribution >= 0.6 is 0 Å². The van der Waals surface area contributed by atoms with Crippen molar-refractivity contribution in [2.45, 2.75) is 64.9 Å². The molecule has 3 aromatic heterocycles. The van der Waals surface area contributed by atoms with E-state index in [4.69, 9.17) is 9.40 Å². The molecule has 7 nitrogen and oxygen atoms in total. The number of benzene rings is 1. The van der Waals surface area contributed by atoms with Gasteiger partial charge in [0.1, 0.15) is 40.7 Å². The van der Waals surface area contributed by atoms with E-state index >= 15 is 0 Å². The van der Waals surface area contributed by atoms with Gasteiger partial charge in [-0.2, -0.15) is 5.10 Å². The molecule has 2 unspecified atom stereocenters. The van der Waals surface area contributed by atoms with E-state index in [1.165, 1.54) is 24.5 Å². The summed E-state index contributed by atoms with van der Waals surface area (Å²) in [6.07, 6.45) is 3.83. The van der Waals surface area contributed by atoms with Crippen LogP contribution in [0.4, 0.5) is 8.78 Å².